The fourth-order valence-electron chi connectivity index (χ4n) is 4.02. The molecule has 0 radical (unpaired) electrons. The van der Waals surface area contributed by atoms with E-state index < -0.39 is 22.8 Å². The van der Waals surface area contributed by atoms with E-state index in [0.717, 1.165) is 11.1 Å². The lowest BCUT2D eigenvalue weighted by Gasteiger charge is -2.34. The zero-order chi connectivity index (χ0) is 27.9. The molecule has 0 bridgehead atoms. The Balaban J connectivity index is 1.48. The highest BCUT2D eigenvalue weighted by Crippen LogP contribution is 2.36. The number of aromatic nitrogens is 3. The molecule has 1 aliphatic rings. The number of anilines is 1. The summed E-state index contributed by atoms with van der Waals surface area (Å²) >= 11 is 3.38. The van der Waals surface area contributed by atoms with Crippen LogP contribution in [-0.2, 0) is 28.4 Å². The summed E-state index contributed by atoms with van der Waals surface area (Å²) in [6.07, 6.45) is -0.902. The Hall–Kier alpha value is -2.71. The van der Waals surface area contributed by atoms with Crippen molar-refractivity contribution in [1.82, 2.24) is 20.0 Å². The number of benzene rings is 1. The van der Waals surface area contributed by atoms with Crippen molar-refractivity contribution >= 4 is 31.8 Å². The van der Waals surface area contributed by atoms with Gasteiger partial charge in [-0.1, -0.05) is 32.0 Å². The Bertz CT molecular complexity index is 1410. The van der Waals surface area contributed by atoms with Gasteiger partial charge in [0.2, 0.25) is 0 Å². The van der Waals surface area contributed by atoms with Gasteiger partial charge in [-0.25, -0.2) is 18.4 Å². The van der Waals surface area contributed by atoms with Gasteiger partial charge < -0.3 is 9.26 Å². The molecule has 14 heteroatoms. The molecule has 38 heavy (non-hydrogen) atoms. The smallest absolute Gasteiger partial charge is 0.422 e. The van der Waals surface area contributed by atoms with Crippen molar-refractivity contribution in [1.29, 1.82) is 0 Å². The highest BCUT2D eigenvalue weighted by Gasteiger charge is 2.30. The number of hydrogen-bond acceptors (Lipinski definition) is 8. The molecule has 3 heterocycles. The molecular formula is C24H27BrF3N5O4S. The van der Waals surface area contributed by atoms with E-state index in [0.29, 0.717) is 35.3 Å². The van der Waals surface area contributed by atoms with Crippen LogP contribution >= 0.6 is 15.9 Å². The van der Waals surface area contributed by atoms with E-state index in [9.17, 15) is 21.6 Å². The first-order chi connectivity index (χ1) is 17.6. The van der Waals surface area contributed by atoms with E-state index in [1.807, 2.05) is 27.7 Å². The predicted octanol–water partition coefficient (Wildman–Crippen LogP) is 5.39. The van der Waals surface area contributed by atoms with Crippen molar-refractivity contribution in [2.45, 2.75) is 63.2 Å². The first kappa shape index (κ1) is 28.3. The summed E-state index contributed by atoms with van der Waals surface area (Å²) < 4.78 is 76.2. The number of nitrogens with zero attached hydrogens (tertiary/aromatic N) is 4. The van der Waals surface area contributed by atoms with Gasteiger partial charge in [0.05, 0.1) is 4.90 Å². The monoisotopic (exact) mass is 617 g/mol. The SMILES string of the molecule is C[C@H](c1cnc(OCC(F)(F)F)nc1)N1CCc2ccc(S(=O)(=O)Nc3noc(C(C)(C)C)c3Br)cc2C1. The molecule has 4 rings (SSSR count). The maximum atomic E-state index is 13.2. The van der Waals surface area contributed by atoms with Gasteiger partial charge in [0.15, 0.2) is 18.2 Å². The van der Waals surface area contributed by atoms with Crippen LogP contribution in [0, 0.1) is 0 Å². The molecule has 2 aromatic heterocycles. The highest BCUT2D eigenvalue weighted by molar-refractivity contribution is 9.10. The van der Waals surface area contributed by atoms with E-state index in [2.05, 4.69) is 45.4 Å². The van der Waals surface area contributed by atoms with Crippen LogP contribution in [0.2, 0.25) is 0 Å². The van der Waals surface area contributed by atoms with E-state index in [1.54, 1.807) is 18.2 Å². The minimum Gasteiger partial charge on any atom is -0.454 e. The number of halogens is 4. The molecule has 1 aromatic carbocycles. The van der Waals surface area contributed by atoms with Crippen molar-refractivity contribution in [3.8, 4) is 6.01 Å². The van der Waals surface area contributed by atoms with E-state index >= 15 is 0 Å². The summed E-state index contributed by atoms with van der Waals surface area (Å²) in [7, 11) is -3.95. The fourth-order valence-corrected chi connectivity index (χ4v) is 6.05. The minimum atomic E-state index is -4.47. The summed E-state index contributed by atoms with van der Waals surface area (Å²) in [5.41, 5.74) is 2.22. The molecule has 0 amide bonds. The molecule has 1 atom stereocenters. The molecule has 0 aliphatic carbocycles. The Morgan fingerprint density at radius 2 is 1.87 bits per heavy atom. The third-order valence-electron chi connectivity index (χ3n) is 6.12. The summed E-state index contributed by atoms with van der Waals surface area (Å²) in [5, 5.41) is 3.88. The largest absolute Gasteiger partial charge is 0.454 e. The molecule has 1 aliphatic heterocycles. The van der Waals surface area contributed by atoms with Crippen LogP contribution in [0.4, 0.5) is 19.0 Å². The van der Waals surface area contributed by atoms with Crippen molar-refractivity contribution in [2.75, 3.05) is 17.9 Å². The fraction of sp³-hybridized carbons (Fsp3) is 0.458. The zero-order valence-electron chi connectivity index (χ0n) is 21.1. The van der Waals surface area contributed by atoms with Gasteiger partial charge in [-0.05, 0) is 52.5 Å². The van der Waals surface area contributed by atoms with Crippen LogP contribution in [0.15, 0.2) is 44.5 Å². The summed E-state index contributed by atoms with van der Waals surface area (Å²) in [5.74, 6) is 0.597. The van der Waals surface area contributed by atoms with E-state index in [-0.39, 0.29) is 28.2 Å². The first-order valence-electron chi connectivity index (χ1n) is 11.7. The molecule has 206 valence electrons. The average molecular weight is 618 g/mol. The predicted molar refractivity (Wildman–Crippen MR) is 136 cm³/mol. The number of sulfonamides is 1. The van der Waals surface area contributed by atoms with Gasteiger partial charge in [0.1, 0.15) is 4.47 Å². The lowest BCUT2D eigenvalue weighted by atomic mass is 9.93. The van der Waals surface area contributed by atoms with Crippen LogP contribution in [0.5, 0.6) is 6.01 Å². The van der Waals surface area contributed by atoms with Crippen molar-refractivity contribution in [3.05, 3.63) is 57.5 Å². The van der Waals surface area contributed by atoms with Gasteiger partial charge in [-0.2, -0.15) is 13.2 Å². The lowest BCUT2D eigenvalue weighted by molar-refractivity contribution is -0.154. The normalized spacial score (nSPS) is 15.7. The number of fused-ring (bicyclic) bond motifs is 1. The molecular weight excluding hydrogens is 591 g/mol. The molecule has 9 nitrogen and oxygen atoms in total. The van der Waals surface area contributed by atoms with Gasteiger partial charge in [0, 0.05) is 42.5 Å². The quantitative estimate of drug-likeness (QED) is 0.376. The Kier molecular flexibility index (Phi) is 7.79. The van der Waals surface area contributed by atoms with Crippen molar-refractivity contribution in [3.63, 3.8) is 0 Å². The average Bonchev–Trinajstić information content (AvgIpc) is 3.21. The second-order valence-electron chi connectivity index (χ2n) is 10.1. The standard InChI is InChI=1S/C24H27BrF3N5O4S/c1-14(17-10-29-22(30-11-17)36-13-24(26,27)28)33-8-7-15-5-6-18(9-16(15)12-33)38(34,35)32-21-19(25)20(37-31-21)23(2,3)4/h5-6,9-11,14H,7-8,12-13H2,1-4H3,(H,31,32)/t14-/m1/s1. The number of alkyl halides is 3. The third kappa shape index (κ3) is 6.46. The number of rotatable bonds is 7. The Labute approximate surface area is 227 Å². The molecule has 1 N–H and O–H groups in total. The van der Waals surface area contributed by atoms with E-state index in [4.69, 9.17) is 4.52 Å². The molecule has 0 fully saturated rings. The molecule has 0 saturated heterocycles. The molecule has 3 aromatic rings. The number of ether oxygens (including phenoxy) is 1. The van der Waals surface area contributed by atoms with Crippen LogP contribution in [0.1, 0.15) is 56.2 Å². The van der Waals surface area contributed by atoms with Gasteiger partial charge in [-0.3, -0.25) is 9.62 Å². The number of hydrogen-bond donors (Lipinski definition) is 1. The van der Waals surface area contributed by atoms with Crippen LogP contribution in [0.25, 0.3) is 0 Å². The van der Waals surface area contributed by atoms with Gasteiger partial charge in [-0.15, -0.1) is 0 Å². The second-order valence-corrected chi connectivity index (χ2v) is 12.5. The van der Waals surface area contributed by atoms with Crippen LogP contribution < -0.4 is 9.46 Å². The third-order valence-corrected chi connectivity index (χ3v) is 8.19. The van der Waals surface area contributed by atoms with Crippen LogP contribution in [-0.4, -0.2) is 47.8 Å². The van der Waals surface area contributed by atoms with Crippen LogP contribution in [0.3, 0.4) is 0 Å². The highest BCUT2D eigenvalue weighted by atomic mass is 79.9. The molecule has 0 unspecified atom stereocenters. The topological polar surface area (TPSA) is 110 Å². The lowest BCUT2D eigenvalue weighted by Crippen LogP contribution is -2.33. The van der Waals surface area contributed by atoms with Crippen molar-refractivity contribution < 1.29 is 30.8 Å². The maximum absolute atomic E-state index is 13.2. The Morgan fingerprint density at radius 3 is 2.47 bits per heavy atom. The molecule has 0 spiro atoms. The summed E-state index contributed by atoms with van der Waals surface area (Å²) in [6, 6.07) is 4.49. The summed E-state index contributed by atoms with van der Waals surface area (Å²) in [6.45, 7) is 7.41. The Morgan fingerprint density at radius 1 is 1.18 bits per heavy atom. The molecule has 0 saturated carbocycles. The second kappa shape index (κ2) is 10.5. The maximum Gasteiger partial charge on any atom is 0.422 e. The van der Waals surface area contributed by atoms with E-state index in [1.165, 1.54) is 12.4 Å². The van der Waals surface area contributed by atoms with Crippen molar-refractivity contribution in [2.24, 2.45) is 0 Å². The first-order valence-corrected chi connectivity index (χ1v) is 14.0. The van der Waals surface area contributed by atoms with Gasteiger partial charge >= 0.3 is 12.2 Å². The number of nitrogens with one attached hydrogen (secondary N) is 1. The minimum absolute atomic E-state index is 0.0746. The van der Waals surface area contributed by atoms with Gasteiger partial charge in [0.25, 0.3) is 10.0 Å². The zero-order valence-corrected chi connectivity index (χ0v) is 23.5. The summed E-state index contributed by atoms with van der Waals surface area (Å²) in [4.78, 5) is 9.98.